The molecule has 0 atom stereocenters. The second-order valence-electron chi connectivity index (χ2n) is 5.91. The van der Waals surface area contributed by atoms with Gasteiger partial charge in [0.25, 0.3) is 0 Å². The fourth-order valence-corrected chi connectivity index (χ4v) is 3.56. The highest BCUT2D eigenvalue weighted by molar-refractivity contribution is 7.19. The van der Waals surface area contributed by atoms with Gasteiger partial charge in [0.05, 0.1) is 19.8 Å². The molecule has 1 saturated heterocycles. The molecule has 0 unspecified atom stereocenters. The Labute approximate surface area is 138 Å². The summed E-state index contributed by atoms with van der Waals surface area (Å²) in [5.74, 6) is 0.897. The van der Waals surface area contributed by atoms with Crippen molar-refractivity contribution in [1.29, 1.82) is 0 Å². The van der Waals surface area contributed by atoms with Gasteiger partial charge in [-0.15, -0.1) is 10.2 Å². The van der Waals surface area contributed by atoms with Gasteiger partial charge < -0.3 is 4.74 Å². The summed E-state index contributed by atoms with van der Waals surface area (Å²) in [7, 11) is 0. The first-order chi connectivity index (χ1) is 11.2. The summed E-state index contributed by atoms with van der Waals surface area (Å²) < 4.78 is 7.27. The lowest BCUT2D eigenvalue weighted by molar-refractivity contribution is 0.0328. The SMILES string of the molecule is Cc1ccc(-c2nn3c(CN4CCOCC4)nnc3s2)cc1C. The van der Waals surface area contributed by atoms with Crippen molar-refractivity contribution in [3.05, 3.63) is 35.2 Å². The number of fused-ring (bicyclic) bond motifs is 1. The van der Waals surface area contributed by atoms with E-state index in [-0.39, 0.29) is 0 Å². The van der Waals surface area contributed by atoms with Crippen molar-refractivity contribution in [3.63, 3.8) is 0 Å². The average molecular weight is 329 g/mol. The van der Waals surface area contributed by atoms with Crippen molar-refractivity contribution in [1.82, 2.24) is 24.7 Å². The maximum atomic E-state index is 5.39. The highest BCUT2D eigenvalue weighted by Gasteiger charge is 2.17. The van der Waals surface area contributed by atoms with Crippen molar-refractivity contribution < 1.29 is 4.74 Å². The van der Waals surface area contributed by atoms with E-state index in [1.165, 1.54) is 11.1 Å². The monoisotopic (exact) mass is 329 g/mol. The molecule has 0 radical (unpaired) electrons. The first-order valence-corrected chi connectivity index (χ1v) is 8.61. The first kappa shape index (κ1) is 14.7. The quantitative estimate of drug-likeness (QED) is 0.738. The molecule has 1 aliphatic rings. The van der Waals surface area contributed by atoms with Crippen LogP contribution in [0.25, 0.3) is 15.5 Å². The number of hydrogen-bond acceptors (Lipinski definition) is 6. The third-order valence-electron chi connectivity index (χ3n) is 4.28. The summed E-state index contributed by atoms with van der Waals surface area (Å²) in [5.41, 5.74) is 3.72. The molecule has 0 saturated carbocycles. The second kappa shape index (κ2) is 5.99. The molecule has 1 aliphatic heterocycles. The molecule has 3 aromatic rings. The van der Waals surface area contributed by atoms with E-state index in [2.05, 4.69) is 47.1 Å². The lowest BCUT2D eigenvalue weighted by atomic mass is 10.1. The lowest BCUT2D eigenvalue weighted by Crippen LogP contribution is -2.36. The molecule has 1 fully saturated rings. The van der Waals surface area contributed by atoms with E-state index >= 15 is 0 Å². The van der Waals surface area contributed by atoms with Crippen LogP contribution in [0, 0.1) is 13.8 Å². The minimum atomic E-state index is 0.765. The molecule has 0 spiro atoms. The second-order valence-corrected chi connectivity index (χ2v) is 6.86. The fourth-order valence-electron chi connectivity index (χ4n) is 2.71. The molecular formula is C16H19N5OS. The molecule has 7 heteroatoms. The van der Waals surface area contributed by atoms with E-state index in [9.17, 15) is 0 Å². The number of hydrogen-bond donors (Lipinski definition) is 0. The van der Waals surface area contributed by atoms with Crippen LogP contribution in [0.5, 0.6) is 0 Å². The summed E-state index contributed by atoms with van der Waals surface area (Å²) in [5, 5.41) is 14.3. The van der Waals surface area contributed by atoms with Crippen molar-refractivity contribution >= 4 is 16.3 Å². The summed E-state index contributed by atoms with van der Waals surface area (Å²) in [6.07, 6.45) is 0. The number of aryl methyl sites for hydroxylation is 2. The smallest absolute Gasteiger partial charge is 0.235 e. The Kier molecular flexibility index (Phi) is 3.84. The molecular weight excluding hydrogens is 310 g/mol. The van der Waals surface area contributed by atoms with Crippen molar-refractivity contribution in [2.24, 2.45) is 0 Å². The fraction of sp³-hybridized carbons (Fsp3) is 0.438. The molecule has 0 N–H and O–H groups in total. The summed E-state index contributed by atoms with van der Waals surface area (Å²) in [6.45, 7) is 8.45. The summed E-state index contributed by atoms with van der Waals surface area (Å²) in [6, 6.07) is 6.44. The van der Waals surface area contributed by atoms with Crippen LogP contribution < -0.4 is 0 Å². The molecule has 3 heterocycles. The van der Waals surface area contributed by atoms with E-state index in [1.54, 1.807) is 11.3 Å². The van der Waals surface area contributed by atoms with E-state index in [0.717, 1.165) is 54.2 Å². The third kappa shape index (κ3) is 2.87. The van der Waals surface area contributed by atoms with Crippen molar-refractivity contribution in [2.75, 3.05) is 26.3 Å². The van der Waals surface area contributed by atoms with Gasteiger partial charge >= 0.3 is 0 Å². The number of benzene rings is 1. The molecule has 23 heavy (non-hydrogen) atoms. The Hall–Kier alpha value is -1.83. The van der Waals surface area contributed by atoms with E-state index in [1.807, 2.05) is 4.52 Å². The number of ether oxygens (including phenoxy) is 1. The van der Waals surface area contributed by atoms with E-state index in [4.69, 9.17) is 9.84 Å². The van der Waals surface area contributed by atoms with Gasteiger partial charge in [-0.05, 0) is 31.0 Å². The maximum Gasteiger partial charge on any atom is 0.235 e. The molecule has 0 bridgehead atoms. The summed E-state index contributed by atoms with van der Waals surface area (Å²) >= 11 is 1.58. The maximum absolute atomic E-state index is 5.39. The van der Waals surface area contributed by atoms with E-state index in [0.29, 0.717) is 0 Å². The van der Waals surface area contributed by atoms with Gasteiger partial charge in [0.1, 0.15) is 5.01 Å². The number of morpholine rings is 1. The zero-order chi connectivity index (χ0) is 15.8. The Bertz CT molecular complexity index is 834. The highest BCUT2D eigenvalue weighted by atomic mass is 32.1. The normalized spacial score (nSPS) is 16.3. The molecule has 0 amide bonds. The summed E-state index contributed by atoms with van der Waals surface area (Å²) in [4.78, 5) is 3.18. The van der Waals surface area contributed by atoms with Crippen molar-refractivity contribution in [3.8, 4) is 10.6 Å². The molecule has 120 valence electrons. The first-order valence-electron chi connectivity index (χ1n) is 7.79. The third-order valence-corrected chi connectivity index (χ3v) is 5.23. The van der Waals surface area contributed by atoms with Gasteiger partial charge in [0.2, 0.25) is 4.96 Å². The minimum Gasteiger partial charge on any atom is -0.379 e. The Morgan fingerprint density at radius 3 is 2.74 bits per heavy atom. The standard InChI is InChI=1S/C16H19N5OS/c1-11-3-4-13(9-12(11)2)15-19-21-14(17-18-16(21)23-15)10-20-5-7-22-8-6-20/h3-4,9H,5-8,10H2,1-2H3. The van der Waals surface area contributed by atoms with E-state index < -0.39 is 0 Å². The van der Waals surface area contributed by atoms with Crippen LogP contribution in [0.15, 0.2) is 18.2 Å². The number of nitrogens with zero attached hydrogens (tertiary/aromatic N) is 5. The van der Waals surface area contributed by atoms with Crippen LogP contribution in [-0.4, -0.2) is 51.0 Å². The largest absolute Gasteiger partial charge is 0.379 e. The predicted molar refractivity (Wildman–Crippen MR) is 89.7 cm³/mol. The molecule has 4 rings (SSSR count). The highest BCUT2D eigenvalue weighted by Crippen LogP contribution is 2.27. The molecule has 2 aromatic heterocycles. The number of rotatable bonds is 3. The van der Waals surface area contributed by atoms with Crippen molar-refractivity contribution in [2.45, 2.75) is 20.4 Å². The Morgan fingerprint density at radius 2 is 1.96 bits per heavy atom. The zero-order valence-electron chi connectivity index (χ0n) is 13.3. The van der Waals surface area contributed by atoms with Crippen LogP contribution >= 0.6 is 11.3 Å². The Balaban J connectivity index is 1.64. The molecule has 1 aromatic carbocycles. The van der Waals surface area contributed by atoms with Crippen LogP contribution in [0.4, 0.5) is 0 Å². The van der Waals surface area contributed by atoms with Gasteiger partial charge in [-0.2, -0.15) is 9.61 Å². The zero-order valence-corrected chi connectivity index (χ0v) is 14.1. The van der Waals surface area contributed by atoms with Gasteiger partial charge in [0.15, 0.2) is 5.82 Å². The van der Waals surface area contributed by atoms with Gasteiger partial charge in [-0.25, -0.2) is 0 Å². The average Bonchev–Trinajstić information content (AvgIpc) is 3.13. The van der Waals surface area contributed by atoms with Gasteiger partial charge in [-0.3, -0.25) is 4.90 Å². The van der Waals surface area contributed by atoms with Gasteiger partial charge in [-0.1, -0.05) is 23.5 Å². The van der Waals surface area contributed by atoms with Gasteiger partial charge in [0, 0.05) is 18.7 Å². The van der Waals surface area contributed by atoms with Crippen LogP contribution in [0.2, 0.25) is 0 Å². The predicted octanol–water partition coefficient (Wildman–Crippen LogP) is 2.30. The topological polar surface area (TPSA) is 55.5 Å². The molecule has 6 nitrogen and oxygen atoms in total. The van der Waals surface area contributed by atoms with Crippen LogP contribution in [0.3, 0.4) is 0 Å². The molecule has 0 aliphatic carbocycles. The lowest BCUT2D eigenvalue weighted by Gasteiger charge is -2.25. The van der Waals surface area contributed by atoms with Crippen LogP contribution in [-0.2, 0) is 11.3 Å². The van der Waals surface area contributed by atoms with Crippen LogP contribution in [0.1, 0.15) is 17.0 Å². The number of aromatic nitrogens is 4. The minimum absolute atomic E-state index is 0.765. The Morgan fingerprint density at radius 1 is 1.13 bits per heavy atom.